The van der Waals surface area contributed by atoms with Crippen LogP contribution in [0.2, 0.25) is 0 Å². The smallest absolute Gasteiger partial charge is 0.266 e. The molecule has 1 aromatic heterocycles. The number of aliphatic imine (C=N–C) groups is 1. The third kappa shape index (κ3) is 2.46. The van der Waals surface area contributed by atoms with Crippen molar-refractivity contribution < 1.29 is 4.79 Å². The molecule has 4 rings (SSSR count). The molecule has 0 unspecified atom stereocenters. The normalized spacial score (nSPS) is 18.4. The molecule has 2 aromatic carbocycles. The van der Waals surface area contributed by atoms with Crippen LogP contribution in [0.15, 0.2) is 52.4 Å². The van der Waals surface area contributed by atoms with Crippen LogP contribution in [0.3, 0.4) is 0 Å². The molecule has 126 valence electrons. The van der Waals surface area contributed by atoms with Gasteiger partial charge in [0.15, 0.2) is 5.17 Å². The molecule has 0 atom stereocenters. The Balaban J connectivity index is 1.87. The minimum absolute atomic E-state index is 0.00156. The van der Waals surface area contributed by atoms with Crippen LogP contribution in [-0.2, 0) is 11.3 Å². The predicted octanol–water partition coefficient (Wildman–Crippen LogP) is 4.35. The first-order chi connectivity index (χ1) is 12.1. The third-order valence-corrected chi connectivity index (χ3v) is 5.76. The summed E-state index contributed by atoms with van der Waals surface area (Å²) in [6.07, 6.45) is 1.96. The molecule has 5 heteroatoms. The number of para-hydroxylation sites is 1. The van der Waals surface area contributed by atoms with E-state index in [1.54, 1.807) is 19.0 Å². The number of nitrogens with zero attached hydrogens (tertiary/aromatic N) is 3. The van der Waals surface area contributed by atoms with Crippen LogP contribution in [0.1, 0.15) is 12.5 Å². The molecule has 4 nitrogen and oxygen atoms in total. The number of hydrogen-bond acceptors (Lipinski definition) is 3. The van der Waals surface area contributed by atoms with E-state index < -0.39 is 0 Å². The first-order valence-corrected chi connectivity index (χ1v) is 9.11. The van der Waals surface area contributed by atoms with Crippen molar-refractivity contribution in [2.24, 2.45) is 4.99 Å². The highest BCUT2D eigenvalue weighted by atomic mass is 32.2. The Bertz CT molecular complexity index is 1060. The number of amides is 1. The summed E-state index contributed by atoms with van der Waals surface area (Å²) in [6.45, 7) is 3.09. The summed E-state index contributed by atoms with van der Waals surface area (Å²) in [5, 5.41) is 3.21. The zero-order chi connectivity index (χ0) is 17.6. The average molecular weight is 349 g/mol. The monoisotopic (exact) mass is 349 g/mol. The molecule has 1 fully saturated rings. The van der Waals surface area contributed by atoms with E-state index in [0.29, 0.717) is 4.91 Å². The lowest BCUT2D eigenvalue weighted by Crippen LogP contribution is -2.23. The van der Waals surface area contributed by atoms with E-state index in [1.165, 1.54) is 33.6 Å². The first-order valence-electron chi connectivity index (χ1n) is 8.29. The quantitative estimate of drug-likeness (QED) is 0.645. The van der Waals surface area contributed by atoms with Crippen molar-refractivity contribution in [3.05, 3.63) is 52.9 Å². The number of carbonyl (C=O) groups is 1. The van der Waals surface area contributed by atoms with Crippen LogP contribution >= 0.6 is 11.8 Å². The van der Waals surface area contributed by atoms with Crippen LogP contribution in [0.25, 0.3) is 27.9 Å². The van der Waals surface area contributed by atoms with Crippen molar-refractivity contribution in [1.82, 2.24) is 9.47 Å². The number of carbonyl (C=O) groups excluding carboxylic acids is 1. The maximum absolute atomic E-state index is 12.4. The molecule has 3 aromatic rings. The average Bonchev–Trinajstić information content (AvgIpc) is 3.10. The second-order valence-corrected chi connectivity index (χ2v) is 7.03. The lowest BCUT2D eigenvalue weighted by Gasteiger charge is -2.05. The van der Waals surface area contributed by atoms with Crippen molar-refractivity contribution in [2.45, 2.75) is 13.5 Å². The van der Waals surface area contributed by atoms with Gasteiger partial charge in [0.2, 0.25) is 0 Å². The zero-order valence-corrected chi connectivity index (χ0v) is 15.3. The molecule has 1 aliphatic heterocycles. The molecular weight excluding hydrogens is 330 g/mol. The van der Waals surface area contributed by atoms with Crippen molar-refractivity contribution >= 4 is 50.7 Å². The number of likely N-dealkylation sites (N-methyl/N-ethyl adjacent to an activating group) is 1. The molecule has 2 heterocycles. The Morgan fingerprint density at radius 1 is 1.12 bits per heavy atom. The number of amidine groups is 1. The van der Waals surface area contributed by atoms with Gasteiger partial charge in [-0.1, -0.05) is 24.3 Å². The Kier molecular flexibility index (Phi) is 3.88. The number of rotatable bonds is 2. The standard InChI is InChI=1S/C20H19N3OS/c1-4-23-16-8-6-5-7-14(16)15-11-13(9-10-17(15)23)12-18-19(24)22(3)20(21-2)25-18/h5-12H,4H2,1-3H3/b18-12-,21-20?. The summed E-state index contributed by atoms with van der Waals surface area (Å²) in [7, 11) is 3.47. The van der Waals surface area contributed by atoms with Gasteiger partial charge in [-0.15, -0.1) is 0 Å². The van der Waals surface area contributed by atoms with Crippen LogP contribution in [0.5, 0.6) is 0 Å². The zero-order valence-electron chi connectivity index (χ0n) is 14.5. The number of benzene rings is 2. The highest BCUT2D eigenvalue weighted by molar-refractivity contribution is 8.18. The Hall–Kier alpha value is -2.53. The summed E-state index contributed by atoms with van der Waals surface area (Å²) in [6, 6.07) is 14.9. The maximum Gasteiger partial charge on any atom is 0.266 e. The predicted molar refractivity (Wildman–Crippen MR) is 107 cm³/mol. The van der Waals surface area contributed by atoms with Gasteiger partial charge in [-0.3, -0.25) is 14.7 Å². The Labute approximate surface area is 150 Å². The number of hydrogen-bond donors (Lipinski definition) is 0. The first kappa shape index (κ1) is 16.0. The maximum atomic E-state index is 12.4. The molecule has 0 radical (unpaired) electrons. The van der Waals surface area contributed by atoms with Crippen molar-refractivity contribution in [2.75, 3.05) is 14.1 Å². The number of fused-ring (bicyclic) bond motifs is 3. The fourth-order valence-corrected chi connectivity index (χ4v) is 4.33. The van der Waals surface area contributed by atoms with Gasteiger partial charge in [0.05, 0.1) is 4.91 Å². The van der Waals surface area contributed by atoms with Gasteiger partial charge < -0.3 is 4.57 Å². The van der Waals surface area contributed by atoms with Crippen molar-refractivity contribution in [1.29, 1.82) is 0 Å². The van der Waals surface area contributed by atoms with Crippen molar-refractivity contribution in [3.63, 3.8) is 0 Å². The van der Waals surface area contributed by atoms with E-state index in [2.05, 4.69) is 58.9 Å². The molecule has 1 saturated heterocycles. The largest absolute Gasteiger partial charge is 0.341 e. The van der Waals surface area contributed by atoms with Gasteiger partial charge in [-0.2, -0.15) is 0 Å². The molecule has 0 bridgehead atoms. The summed E-state index contributed by atoms with van der Waals surface area (Å²) >= 11 is 1.42. The highest BCUT2D eigenvalue weighted by Crippen LogP contribution is 2.33. The van der Waals surface area contributed by atoms with E-state index in [9.17, 15) is 4.79 Å². The fourth-order valence-electron chi connectivity index (χ4n) is 3.40. The SMILES string of the molecule is CCn1c2ccccc2c2cc(/C=C3\SC(=NC)N(C)C3=O)ccc21. The Morgan fingerprint density at radius 2 is 1.88 bits per heavy atom. The van der Waals surface area contributed by atoms with Gasteiger partial charge >= 0.3 is 0 Å². The molecule has 0 N–H and O–H groups in total. The molecule has 25 heavy (non-hydrogen) atoms. The second kappa shape index (κ2) is 6.08. The van der Waals surface area contributed by atoms with Gasteiger partial charge in [-0.25, -0.2) is 0 Å². The minimum Gasteiger partial charge on any atom is -0.341 e. The van der Waals surface area contributed by atoms with Gasteiger partial charge in [0.25, 0.3) is 5.91 Å². The van der Waals surface area contributed by atoms with Gasteiger partial charge in [-0.05, 0) is 48.5 Å². The second-order valence-electron chi connectivity index (χ2n) is 6.02. The van der Waals surface area contributed by atoms with Gasteiger partial charge in [0.1, 0.15) is 0 Å². The highest BCUT2D eigenvalue weighted by Gasteiger charge is 2.29. The van der Waals surface area contributed by atoms with E-state index >= 15 is 0 Å². The molecule has 1 amide bonds. The number of thioether (sulfide) groups is 1. The Morgan fingerprint density at radius 3 is 2.60 bits per heavy atom. The summed E-state index contributed by atoms with van der Waals surface area (Å²) in [5.74, 6) is 0.00156. The third-order valence-electron chi connectivity index (χ3n) is 4.61. The summed E-state index contributed by atoms with van der Waals surface area (Å²) < 4.78 is 2.33. The van der Waals surface area contributed by atoms with E-state index in [4.69, 9.17) is 0 Å². The lowest BCUT2D eigenvalue weighted by molar-refractivity contribution is -0.121. The van der Waals surface area contributed by atoms with E-state index in [1.807, 2.05) is 6.08 Å². The lowest BCUT2D eigenvalue weighted by atomic mass is 10.1. The molecular formula is C20H19N3OS. The van der Waals surface area contributed by atoms with Crippen molar-refractivity contribution in [3.8, 4) is 0 Å². The minimum atomic E-state index is 0.00156. The summed E-state index contributed by atoms with van der Waals surface area (Å²) in [4.78, 5) is 18.8. The summed E-state index contributed by atoms with van der Waals surface area (Å²) in [5.41, 5.74) is 3.51. The van der Waals surface area contributed by atoms with Crippen LogP contribution in [0.4, 0.5) is 0 Å². The van der Waals surface area contributed by atoms with Crippen LogP contribution in [0, 0.1) is 0 Å². The van der Waals surface area contributed by atoms with E-state index in [0.717, 1.165) is 17.3 Å². The van der Waals surface area contributed by atoms with Crippen LogP contribution in [-0.4, -0.2) is 34.6 Å². The topological polar surface area (TPSA) is 37.6 Å². The number of aromatic nitrogens is 1. The molecule has 1 aliphatic rings. The van der Waals surface area contributed by atoms with E-state index in [-0.39, 0.29) is 5.91 Å². The molecule has 0 saturated carbocycles. The molecule has 0 spiro atoms. The van der Waals surface area contributed by atoms with Gasteiger partial charge in [0, 0.05) is 42.4 Å². The fraction of sp³-hybridized carbons (Fsp3) is 0.200. The number of aryl methyl sites for hydroxylation is 1. The van der Waals surface area contributed by atoms with Crippen LogP contribution < -0.4 is 0 Å². The molecule has 0 aliphatic carbocycles.